The van der Waals surface area contributed by atoms with Gasteiger partial charge in [-0.25, -0.2) is 0 Å². The highest BCUT2D eigenvalue weighted by Gasteiger charge is 2.36. The van der Waals surface area contributed by atoms with Crippen molar-refractivity contribution in [2.75, 3.05) is 13.2 Å². The summed E-state index contributed by atoms with van der Waals surface area (Å²) in [7, 11) is 1.44. The van der Waals surface area contributed by atoms with Crippen molar-refractivity contribution >= 4 is 0 Å². The number of aromatic nitrogens is 2. The summed E-state index contributed by atoms with van der Waals surface area (Å²) >= 11 is 0. The van der Waals surface area contributed by atoms with Gasteiger partial charge >= 0.3 is 6.18 Å². The zero-order chi connectivity index (χ0) is 11.5. The lowest BCUT2D eigenvalue weighted by Crippen LogP contribution is -2.19. The molecule has 0 saturated heterocycles. The minimum atomic E-state index is -4.43. The highest BCUT2D eigenvalue weighted by atomic mass is 19.4. The first-order valence-corrected chi connectivity index (χ1v) is 4.36. The van der Waals surface area contributed by atoms with Crippen LogP contribution >= 0.6 is 0 Å². The van der Waals surface area contributed by atoms with E-state index >= 15 is 0 Å². The van der Waals surface area contributed by atoms with Crippen molar-refractivity contribution in [1.29, 1.82) is 0 Å². The van der Waals surface area contributed by atoms with E-state index in [1.165, 1.54) is 13.2 Å². The summed E-state index contributed by atoms with van der Waals surface area (Å²) in [5.41, 5.74) is -0.797. The molecule has 15 heavy (non-hydrogen) atoms. The van der Waals surface area contributed by atoms with E-state index in [0.717, 1.165) is 4.68 Å². The smallest absolute Gasteiger partial charge is 0.395 e. The molecule has 1 aromatic rings. The van der Waals surface area contributed by atoms with Crippen molar-refractivity contribution in [3.05, 3.63) is 17.5 Å². The summed E-state index contributed by atoms with van der Waals surface area (Å²) in [5.74, 6) is 0. The molecule has 0 bridgehead atoms. The molecule has 4 nitrogen and oxygen atoms in total. The average Bonchev–Trinajstić information content (AvgIpc) is 2.47. The van der Waals surface area contributed by atoms with Gasteiger partial charge in [0.15, 0.2) is 5.69 Å². The molecule has 0 atom stereocenters. The van der Waals surface area contributed by atoms with Gasteiger partial charge in [0.2, 0.25) is 0 Å². The Morgan fingerprint density at radius 3 is 2.73 bits per heavy atom. The molecule has 0 saturated carbocycles. The molecule has 7 heteroatoms. The topological polar surface area (TPSA) is 50.1 Å². The average molecular weight is 223 g/mol. The largest absolute Gasteiger partial charge is 0.435 e. The fourth-order valence-electron chi connectivity index (χ4n) is 1.21. The first-order valence-electron chi connectivity index (χ1n) is 4.36. The fraction of sp³-hybridized carbons (Fsp3) is 0.625. The van der Waals surface area contributed by atoms with Crippen LogP contribution in [-0.2, 0) is 19.8 Å². The summed E-state index contributed by atoms with van der Waals surface area (Å²) in [4.78, 5) is 0. The third-order valence-electron chi connectivity index (χ3n) is 1.78. The molecule has 0 aromatic carbocycles. The lowest BCUT2D eigenvalue weighted by molar-refractivity contribution is -0.142. The van der Waals surface area contributed by atoms with Gasteiger partial charge in [-0.2, -0.15) is 18.3 Å². The molecule has 0 aliphatic heterocycles. The summed E-state index contributed by atoms with van der Waals surface area (Å²) in [6.45, 7) is 0.192. The number of halogens is 3. The number of aliphatic hydroxyl groups is 1. The van der Waals surface area contributed by atoms with Gasteiger partial charge < -0.3 is 10.4 Å². The van der Waals surface area contributed by atoms with Gasteiger partial charge in [0, 0.05) is 31.9 Å². The molecule has 86 valence electrons. The summed E-state index contributed by atoms with van der Waals surface area (Å²) in [6, 6.07) is 0. The maximum atomic E-state index is 12.4. The van der Waals surface area contributed by atoms with E-state index in [9.17, 15) is 13.2 Å². The highest BCUT2D eigenvalue weighted by molar-refractivity contribution is 5.19. The van der Waals surface area contributed by atoms with Crippen molar-refractivity contribution in [3.63, 3.8) is 0 Å². The number of nitrogens with one attached hydrogen (secondary N) is 1. The Kier molecular flexibility index (Phi) is 3.70. The molecule has 1 heterocycles. The van der Waals surface area contributed by atoms with Crippen LogP contribution in [0.15, 0.2) is 6.20 Å². The maximum absolute atomic E-state index is 12.4. The molecule has 0 aliphatic rings. The Morgan fingerprint density at radius 2 is 2.20 bits per heavy atom. The normalized spacial score (nSPS) is 12.1. The van der Waals surface area contributed by atoms with Gasteiger partial charge in [-0.1, -0.05) is 0 Å². The molecule has 0 amide bonds. The Morgan fingerprint density at radius 1 is 1.53 bits per heavy atom. The minimum Gasteiger partial charge on any atom is -0.395 e. The second-order valence-corrected chi connectivity index (χ2v) is 3.07. The summed E-state index contributed by atoms with van der Waals surface area (Å²) in [5, 5.41) is 14.5. The number of rotatable bonds is 4. The first kappa shape index (κ1) is 12.0. The monoisotopic (exact) mass is 223 g/mol. The zero-order valence-corrected chi connectivity index (χ0v) is 8.17. The van der Waals surface area contributed by atoms with Gasteiger partial charge in [0.05, 0.1) is 6.61 Å². The Labute approximate surface area is 84.7 Å². The van der Waals surface area contributed by atoms with E-state index in [-0.39, 0.29) is 25.3 Å². The number of aliphatic hydroxyl groups excluding tert-OH is 1. The van der Waals surface area contributed by atoms with Crippen LogP contribution in [0.25, 0.3) is 0 Å². The van der Waals surface area contributed by atoms with Crippen LogP contribution < -0.4 is 5.32 Å². The van der Waals surface area contributed by atoms with Crippen LogP contribution in [0.4, 0.5) is 13.2 Å². The third kappa shape index (κ3) is 3.21. The molecular formula is C8H12F3N3O. The van der Waals surface area contributed by atoms with Crippen LogP contribution in [0.1, 0.15) is 11.3 Å². The lowest BCUT2D eigenvalue weighted by Gasteiger charge is -2.06. The molecular weight excluding hydrogens is 211 g/mol. The second kappa shape index (κ2) is 4.63. The quantitative estimate of drug-likeness (QED) is 0.732. The van der Waals surface area contributed by atoms with E-state index in [2.05, 4.69) is 10.4 Å². The number of hydrogen-bond acceptors (Lipinski definition) is 3. The van der Waals surface area contributed by atoms with Crippen molar-refractivity contribution < 1.29 is 18.3 Å². The number of hydrogen-bond donors (Lipinski definition) is 2. The highest BCUT2D eigenvalue weighted by Crippen LogP contribution is 2.30. The molecule has 0 aliphatic carbocycles. The Hall–Kier alpha value is -1.08. The Bertz CT molecular complexity index is 321. The van der Waals surface area contributed by atoms with Gasteiger partial charge in [-0.15, -0.1) is 0 Å². The SMILES string of the molecule is Cn1cc(CNCCO)c(C(F)(F)F)n1. The summed E-state index contributed by atoms with van der Waals surface area (Å²) < 4.78 is 38.4. The second-order valence-electron chi connectivity index (χ2n) is 3.07. The maximum Gasteiger partial charge on any atom is 0.435 e. The van der Waals surface area contributed by atoms with Crippen LogP contribution in [0.2, 0.25) is 0 Å². The van der Waals surface area contributed by atoms with Crippen LogP contribution in [0, 0.1) is 0 Å². The molecule has 1 rings (SSSR count). The first-order chi connectivity index (χ1) is 6.95. The van der Waals surface area contributed by atoms with Crippen LogP contribution in [-0.4, -0.2) is 28.0 Å². The fourth-order valence-corrected chi connectivity index (χ4v) is 1.21. The standard InChI is InChI=1S/C8H12F3N3O/c1-14-5-6(4-12-2-3-15)7(13-14)8(9,10)11/h5,12,15H,2-4H2,1H3. The van der Waals surface area contributed by atoms with Gasteiger partial charge in [0.25, 0.3) is 0 Å². The van der Waals surface area contributed by atoms with Crippen LogP contribution in [0.3, 0.4) is 0 Å². The van der Waals surface area contributed by atoms with E-state index < -0.39 is 11.9 Å². The zero-order valence-electron chi connectivity index (χ0n) is 8.17. The number of alkyl halides is 3. The number of aryl methyl sites for hydroxylation is 1. The van der Waals surface area contributed by atoms with Crippen molar-refractivity contribution in [3.8, 4) is 0 Å². The molecule has 0 fully saturated rings. The van der Waals surface area contributed by atoms with Gasteiger partial charge in [-0.05, 0) is 0 Å². The van der Waals surface area contributed by atoms with Gasteiger partial charge in [-0.3, -0.25) is 4.68 Å². The van der Waals surface area contributed by atoms with Crippen molar-refractivity contribution in [1.82, 2.24) is 15.1 Å². The van der Waals surface area contributed by atoms with E-state index in [0.29, 0.717) is 0 Å². The number of nitrogens with zero attached hydrogens (tertiary/aromatic N) is 2. The predicted octanol–water partition coefficient (Wildman–Crippen LogP) is 0.521. The van der Waals surface area contributed by atoms with Crippen LogP contribution in [0.5, 0.6) is 0 Å². The third-order valence-corrected chi connectivity index (χ3v) is 1.78. The lowest BCUT2D eigenvalue weighted by atomic mass is 10.2. The molecule has 0 radical (unpaired) electrons. The van der Waals surface area contributed by atoms with E-state index in [1.54, 1.807) is 0 Å². The van der Waals surface area contributed by atoms with Crippen molar-refractivity contribution in [2.24, 2.45) is 7.05 Å². The molecule has 1 aromatic heterocycles. The predicted molar refractivity (Wildman–Crippen MR) is 47.0 cm³/mol. The minimum absolute atomic E-state index is 0.0449. The van der Waals surface area contributed by atoms with Gasteiger partial charge in [0.1, 0.15) is 0 Å². The molecule has 2 N–H and O–H groups in total. The molecule has 0 spiro atoms. The molecule has 0 unspecified atom stereocenters. The van der Waals surface area contributed by atoms with E-state index in [4.69, 9.17) is 5.11 Å². The summed E-state index contributed by atoms with van der Waals surface area (Å²) in [6.07, 6.45) is -3.12. The van der Waals surface area contributed by atoms with Crippen molar-refractivity contribution in [2.45, 2.75) is 12.7 Å². The van der Waals surface area contributed by atoms with E-state index in [1.807, 2.05) is 0 Å². The Balaban J connectivity index is 2.78.